The van der Waals surface area contributed by atoms with E-state index in [1.165, 1.54) is 19.3 Å². The molecule has 1 aromatic rings. The normalized spacial score (nSPS) is 17.2. The molecular formula is C7H13ClN4. The molecule has 0 bridgehead atoms. The van der Waals surface area contributed by atoms with Crippen molar-refractivity contribution >= 4 is 18.2 Å². The van der Waals surface area contributed by atoms with E-state index in [0.29, 0.717) is 0 Å². The van der Waals surface area contributed by atoms with Gasteiger partial charge in [0.05, 0.1) is 6.20 Å². The van der Waals surface area contributed by atoms with Gasteiger partial charge >= 0.3 is 0 Å². The van der Waals surface area contributed by atoms with Gasteiger partial charge in [-0.05, 0) is 19.3 Å². The van der Waals surface area contributed by atoms with Crippen LogP contribution in [0.5, 0.6) is 0 Å². The Balaban J connectivity index is 0.000000720. The molecule has 2 rings (SSSR count). The Morgan fingerprint density at radius 1 is 1.25 bits per heavy atom. The average Bonchev–Trinajstić information content (AvgIpc) is 2.58. The summed E-state index contributed by atoms with van der Waals surface area (Å²) in [6, 6.07) is 0. The quantitative estimate of drug-likeness (QED) is 0.721. The molecule has 4 nitrogen and oxygen atoms in total. The summed E-state index contributed by atoms with van der Waals surface area (Å²) >= 11 is 0. The third-order valence-electron chi connectivity index (χ3n) is 2.08. The van der Waals surface area contributed by atoms with Crippen molar-refractivity contribution in [2.45, 2.75) is 19.3 Å². The van der Waals surface area contributed by atoms with E-state index < -0.39 is 0 Å². The number of hydrogen-bond donors (Lipinski definition) is 1. The molecule has 1 saturated heterocycles. The predicted molar refractivity (Wildman–Crippen MR) is 49.7 cm³/mol. The van der Waals surface area contributed by atoms with Gasteiger partial charge in [0, 0.05) is 13.1 Å². The van der Waals surface area contributed by atoms with Gasteiger partial charge in [0.25, 0.3) is 0 Å². The van der Waals surface area contributed by atoms with Crippen LogP contribution in [0.3, 0.4) is 0 Å². The molecule has 1 N–H and O–H groups in total. The summed E-state index contributed by atoms with van der Waals surface area (Å²) in [5, 5.41) is 10.4. The molecule has 5 heteroatoms. The van der Waals surface area contributed by atoms with E-state index in [2.05, 4.69) is 20.3 Å². The van der Waals surface area contributed by atoms with Crippen molar-refractivity contribution < 1.29 is 0 Å². The van der Waals surface area contributed by atoms with Gasteiger partial charge in [-0.2, -0.15) is 10.3 Å². The summed E-state index contributed by atoms with van der Waals surface area (Å²) < 4.78 is 0. The van der Waals surface area contributed by atoms with E-state index in [1.54, 1.807) is 6.20 Å². The number of rotatable bonds is 1. The zero-order valence-electron chi connectivity index (χ0n) is 6.86. The lowest BCUT2D eigenvalue weighted by Crippen LogP contribution is -2.29. The summed E-state index contributed by atoms with van der Waals surface area (Å²) in [7, 11) is 0. The zero-order valence-corrected chi connectivity index (χ0v) is 7.68. The highest BCUT2D eigenvalue weighted by Crippen LogP contribution is 2.14. The number of nitrogens with zero attached hydrogens (tertiary/aromatic N) is 3. The lowest BCUT2D eigenvalue weighted by Gasteiger charge is -2.25. The van der Waals surface area contributed by atoms with Crippen molar-refractivity contribution in [1.82, 2.24) is 15.4 Å². The molecule has 1 aromatic heterocycles. The Morgan fingerprint density at radius 2 is 2.00 bits per heavy atom. The molecule has 1 aliphatic rings. The van der Waals surface area contributed by atoms with E-state index in [0.717, 1.165) is 18.9 Å². The molecule has 1 fully saturated rings. The number of halogens is 1. The van der Waals surface area contributed by atoms with Crippen LogP contribution in [-0.4, -0.2) is 28.5 Å². The van der Waals surface area contributed by atoms with Crippen LogP contribution >= 0.6 is 12.4 Å². The van der Waals surface area contributed by atoms with Gasteiger partial charge in [-0.1, -0.05) is 0 Å². The van der Waals surface area contributed by atoms with Gasteiger partial charge in [-0.25, -0.2) is 0 Å². The van der Waals surface area contributed by atoms with Gasteiger partial charge < -0.3 is 4.90 Å². The Morgan fingerprint density at radius 3 is 2.58 bits per heavy atom. The molecule has 0 amide bonds. The highest BCUT2D eigenvalue weighted by Gasteiger charge is 2.11. The standard InChI is InChI=1S/C7H12N4.ClH/c1-2-4-11(5-3-1)7-6-8-10-9-7;/h6H,1-5H2,(H,8,9,10);1H. The lowest BCUT2D eigenvalue weighted by molar-refractivity contribution is 0.573. The maximum Gasteiger partial charge on any atom is 0.170 e. The molecule has 0 radical (unpaired) electrons. The van der Waals surface area contributed by atoms with E-state index in [-0.39, 0.29) is 12.4 Å². The first-order valence-corrected chi connectivity index (χ1v) is 4.07. The van der Waals surface area contributed by atoms with E-state index >= 15 is 0 Å². The first-order valence-electron chi connectivity index (χ1n) is 4.07. The fourth-order valence-electron chi connectivity index (χ4n) is 1.47. The van der Waals surface area contributed by atoms with Crippen molar-refractivity contribution in [2.24, 2.45) is 0 Å². The number of nitrogens with one attached hydrogen (secondary N) is 1. The molecule has 1 aliphatic heterocycles. The van der Waals surface area contributed by atoms with Crippen molar-refractivity contribution in [3.8, 4) is 0 Å². The van der Waals surface area contributed by atoms with Gasteiger partial charge in [0.2, 0.25) is 0 Å². The number of aromatic nitrogens is 3. The van der Waals surface area contributed by atoms with Crippen molar-refractivity contribution in [2.75, 3.05) is 18.0 Å². The van der Waals surface area contributed by atoms with Crippen molar-refractivity contribution in [1.29, 1.82) is 0 Å². The van der Waals surface area contributed by atoms with Gasteiger partial charge in [-0.3, -0.25) is 0 Å². The minimum atomic E-state index is 0. The van der Waals surface area contributed by atoms with E-state index in [4.69, 9.17) is 0 Å². The summed E-state index contributed by atoms with van der Waals surface area (Å²) in [5.74, 6) is 0.990. The summed E-state index contributed by atoms with van der Waals surface area (Å²) in [4.78, 5) is 2.27. The smallest absolute Gasteiger partial charge is 0.170 e. The Hall–Kier alpha value is -0.770. The third kappa shape index (κ3) is 1.88. The van der Waals surface area contributed by atoms with Crippen LogP contribution in [0.4, 0.5) is 5.82 Å². The first-order chi connectivity index (χ1) is 5.47. The zero-order chi connectivity index (χ0) is 7.52. The van der Waals surface area contributed by atoms with Gasteiger partial charge in [0.1, 0.15) is 0 Å². The number of hydrogen-bond acceptors (Lipinski definition) is 3. The molecule has 68 valence electrons. The second kappa shape index (κ2) is 4.30. The predicted octanol–water partition coefficient (Wildman–Crippen LogP) is 1.22. The van der Waals surface area contributed by atoms with Crippen LogP contribution in [0.2, 0.25) is 0 Å². The number of piperidine rings is 1. The molecule has 0 aromatic carbocycles. The van der Waals surface area contributed by atoms with Crippen LogP contribution in [0.15, 0.2) is 6.20 Å². The monoisotopic (exact) mass is 188 g/mol. The largest absolute Gasteiger partial charge is 0.354 e. The second-order valence-electron chi connectivity index (χ2n) is 2.88. The van der Waals surface area contributed by atoms with Crippen LogP contribution in [-0.2, 0) is 0 Å². The summed E-state index contributed by atoms with van der Waals surface area (Å²) in [5.41, 5.74) is 0. The number of H-pyrrole nitrogens is 1. The van der Waals surface area contributed by atoms with Crippen LogP contribution in [0.25, 0.3) is 0 Å². The summed E-state index contributed by atoms with van der Waals surface area (Å²) in [6.45, 7) is 2.26. The molecule has 0 aliphatic carbocycles. The van der Waals surface area contributed by atoms with Crippen LogP contribution in [0, 0.1) is 0 Å². The highest BCUT2D eigenvalue weighted by atomic mass is 35.5. The molecule has 0 unspecified atom stereocenters. The molecule has 0 spiro atoms. The number of aromatic amines is 1. The van der Waals surface area contributed by atoms with Crippen LogP contribution < -0.4 is 4.90 Å². The lowest BCUT2D eigenvalue weighted by atomic mass is 10.1. The minimum Gasteiger partial charge on any atom is -0.354 e. The fraction of sp³-hybridized carbons (Fsp3) is 0.714. The average molecular weight is 189 g/mol. The molecular weight excluding hydrogens is 176 g/mol. The SMILES string of the molecule is Cl.c1n[nH]nc1N1CCCCC1. The van der Waals surface area contributed by atoms with Crippen molar-refractivity contribution in [3.63, 3.8) is 0 Å². The summed E-state index contributed by atoms with van der Waals surface area (Å²) in [6.07, 6.45) is 5.71. The first kappa shape index (κ1) is 9.32. The van der Waals surface area contributed by atoms with Crippen LogP contribution in [0.1, 0.15) is 19.3 Å². The Labute approximate surface area is 77.7 Å². The number of anilines is 1. The van der Waals surface area contributed by atoms with Crippen molar-refractivity contribution in [3.05, 3.63) is 6.20 Å². The van der Waals surface area contributed by atoms with E-state index in [1.807, 2.05) is 0 Å². The second-order valence-corrected chi connectivity index (χ2v) is 2.88. The Kier molecular flexibility index (Phi) is 3.34. The third-order valence-corrected chi connectivity index (χ3v) is 2.08. The molecule has 2 heterocycles. The molecule has 12 heavy (non-hydrogen) atoms. The Bertz CT molecular complexity index is 205. The minimum absolute atomic E-state index is 0. The molecule has 0 atom stereocenters. The highest BCUT2D eigenvalue weighted by molar-refractivity contribution is 5.85. The van der Waals surface area contributed by atoms with E-state index in [9.17, 15) is 0 Å². The fourth-order valence-corrected chi connectivity index (χ4v) is 1.47. The topological polar surface area (TPSA) is 44.8 Å². The maximum absolute atomic E-state index is 4.03. The van der Waals surface area contributed by atoms with Gasteiger partial charge in [0.15, 0.2) is 5.82 Å². The maximum atomic E-state index is 4.03. The van der Waals surface area contributed by atoms with Gasteiger partial charge in [-0.15, -0.1) is 17.5 Å². The molecule has 0 saturated carbocycles.